The number of hydrogen-bond donors (Lipinski definition) is 0. The minimum Gasteiger partial charge on any atom is -0.305 e. The number of rotatable bonds is 8. The molecule has 0 spiro atoms. The van der Waals surface area contributed by atoms with Gasteiger partial charge in [-0.15, -0.1) is 0 Å². The Morgan fingerprint density at radius 2 is 1.80 bits per heavy atom. The molecule has 0 bridgehead atoms. The number of hydrogen-bond acceptors (Lipinski definition) is 4. The molecule has 20 heavy (non-hydrogen) atoms. The molecule has 0 saturated carbocycles. The summed E-state index contributed by atoms with van der Waals surface area (Å²) in [5.74, 6) is 0.113. The van der Waals surface area contributed by atoms with E-state index in [2.05, 4.69) is 11.8 Å². The molecular weight excluding hydrogens is 272 g/mol. The molecule has 0 heterocycles. The number of nitriles is 1. The van der Waals surface area contributed by atoms with Crippen LogP contribution in [0.25, 0.3) is 0 Å². The SMILES string of the molecule is CCCCCN(C)CCS(=O)(=O)c1ccc(C#N)cc1. The molecule has 0 aromatic heterocycles. The van der Waals surface area contributed by atoms with Crippen molar-refractivity contribution in [2.45, 2.75) is 31.1 Å². The van der Waals surface area contributed by atoms with Crippen LogP contribution in [0.1, 0.15) is 31.7 Å². The first-order valence-corrected chi connectivity index (χ1v) is 8.56. The van der Waals surface area contributed by atoms with Crippen LogP contribution in [0.3, 0.4) is 0 Å². The number of unbranched alkanes of at least 4 members (excludes halogenated alkanes) is 2. The Morgan fingerprint density at radius 1 is 1.15 bits per heavy atom. The highest BCUT2D eigenvalue weighted by Gasteiger charge is 2.15. The van der Waals surface area contributed by atoms with Gasteiger partial charge in [-0.05, 0) is 44.3 Å². The van der Waals surface area contributed by atoms with Crippen molar-refractivity contribution in [1.82, 2.24) is 4.90 Å². The second kappa shape index (κ2) is 8.03. The average Bonchev–Trinajstić information content (AvgIpc) is 2.45. The summed E-state index contributed by atoms with van der Waals surface area (Å²) in [6.07, 6.45) is 3.44. The van der Waals surface area contributed by atoms with Crippen molar-refractivity contribution in [3.8, 4) is 6.07 Å². The van der Waals surface area contributed by atoms with Gasteiger partial charge >= 0.3 is 0 Å². The molecule has 0 amide bonds. The Morgan fingerprint density at radius 3 is 2.35 bits per heavy atom. The summed E-state index contributed by atoms with van der Waals surface area (Å²) >= 11 is 0. The molecular formula is C15H22N2O2S. The topological polar surface area (TPSA) is 61.2 Å². The lowest BCUT2D eigenvalue weighted by molar-refractivity contribution is 0.343. The second-order valence-electron chi connectivity index (χ2n) is 4.97. The standard InChI is InChI=1S/C15H22N2O2S/c1-3-4-5-10-17(2)11-12-20(18,19)15-8-6-14(13-16)7-9-15/h6-9H,3-5,10-12H2,1-2H3. The van der Waals surface area contributed by atoms with Gasteiger partial charge in [-0.25, -0.2) is 8.42 Å². The molecule has 1 aromatic carbocycles. The number of sulfone groups is 1. The maximum absolute atomic E-state index is 12.2. The maximum atomic E-state index is 12.2. The number of benzene rings is 1. The first-order chi connectivity index (χ1) is 9.49. The summed E-state index contributed by atoms with van der Waals surface area (Å²) in [5.41, 5.74) is 0.473. The maximum Gasteiger partial charge on any atom is 0.179 e. The normalized spacial score (nSPS) is 11.5. The fraction of sp³-hybridized carbons (Fsp3) is 0.533. The third-order valence-corrected chi connectivity index (χ3v) is 4.94. The van der Waals surface area contributed by atoms with Gasteiger partial charge in [0.2, 0.25) is 0 Å². The molecule has 1 aromatic rings. The minimum atomic E-state index is -3.26. The van der Waals surface area contributed by atoms with Crippen molar-refractivity contribution in [1.29, 1.82) is 5.26 Å². The van der Waals surface area contributed by atoms with E-state index >= 15 is 0 Å². The molecule has 0 radical (unpaired) electrons. The lowest BCUT2D eigenvalue weighted by Gasteiger charge is -2.16. The fourth-order valence-electron chi connectivity index (χ4n) is 1.87. The summed E-state index contributed by atoms with van der Waals surface area (Å²) < 4.78 is 24.3. The Balaban J connectivity index is 2.54. The monoisotopic (exact) mass is 294 g/mol. The molecule has 0 aliphatic heterocycles. The highest BCUT2D eigenvalue weighted by atomic mass is 32.2. The Hall–Kier alpha value is -1.38. The summed E-state index contributed by atoms with van der Waals surface area (Å²) in [4.78, 5) is 2.34. The molecule has 5 heteroatoms. The van der Waals surface area contributed by atoms with Crippen LogP contribution >= 0.6 is 0 Å². The van der Waals surface area contributed by atoms with Crippen LogP contribution in [-0.2, 0) is 9.84 Å². The highest BCUT2D eigenvalue weighted by molar-refractivity contribution is 7.91. The molecule has 0 N–H and O–H groups in total. The van der Waals surface area contributed by atoms with E-state index in [1.807, 2.05) is 13.1 Å². The second-order valence-corrected chi connectivity index (χ2v) is 7.07. The van der Waals surface area contributed by atoms with Gasteiger partial charge in [-0.3, -0.25) is 0 Å². The largest absolute Gasteiger partial charge is 0.305 e. The van der Waals surface area contributed by atoms with Crippen molar-refractivity contribution >= 4 is 9.84 Å². The third-order valence-electron chi connectivity index (χ3n) is 3.23. The molecule has 0 unspecified atom stereocenters. The molecule has 0 saturated heterocycles. The molecule has 0 aliphatic carbocycles. The fourth-order valence-corrected chi connectivity index (χ4v) is 3.21. The van der Waals surface area contributed by atoms with Crippen molar-refractivity contribution in [2.24, 2.45) is 0 Å². The Labute approximate surface area is 121 Å². The van der Waals surface area contributed by atoms with E-state index in [1.165, 1.54) is 30.7 Å². The van der Waals surface area contributed by atoms with Gasteiger partial charge in [0, 0.05) is 6.54 Å². The van der Waals surface area contributed by atoms with Crippen molar-refractivity contribution in [3.05, 3.63) is 29.8 Å². The molecule has 1 rings (SSSR count). The van der Waals surface area contributed by atoms with Crippen LogP contribution in [0.15, 0.2) is 29.2 Å². The zero-order chi connectivity index (χ0) is 15.0. The van der Waals surface area contributed by atoms with Gasteiger partial charge in [0.1, 0.15) is 0 Å². The Kier molecular flexibility index (Phi) is 6.69. The molecule has 0 fully saturated rings. The van der Waals surface area contributed by atoms with Crippen LogP contribution in [0.4, 0.5) is 0 Å². The van der Waals surface area contributed by atoms with Crippen LogP contribution in [-0.4, -0.2) is 39.2 Å². The van der Waals surface area contributed by atoms with Crippen molar-refractivity contribution in [2.75, 3.05) is 25.9 Å². The van der Waals surface area contributed by atoms with E-state index in [1.54, 1.807) is 0 Å². The summed E-state index contributed by atoms with van der Waals surface area (Å²) in [6.45, 7) is 3.61. The van der Waals surface area contributed by atoms with Gasteiger partial charge in [0.15, 0.2) is 9.84 Å². The third kappa shape index (κ3) is 5.32. The smallest absolute Gasteiger partial charge is 0.179 e. The van der Waals surface area contributed by atoms with E-state index in [4.69, 9.17) is 5.26 Å². The van der Waals surface area contributed by atoms with E-state index < -0.39 is 9.84 Å². The average molecular weight is 294 g/mol. The zero-order valence-electron chi connectivity index (χ0n) is 12.2. The zero-order valence-corrected chi connectivity index (χ0v) is 13.0. The quantitative estimate of drug-likeness (QED) is 0.691. The van der Waals surface area contributed by atoms with Crippen molar-refractivity contribution in [3.63, 3.8) is 0 Å². The first kappa shape index (κ1) is 16.7. The van der Waals surface area contributed by atoms with Gasteiger partial charge in [0.05, 0.1) is 22.3 Å². The minimum absolute atomic E-state index is 0.113. The lowest BCUT2D eigenvalue weighted by Crippen LogP contribution is -2.26. The van der Waals surface area contributed by atoms with Crippen LogP contribution in [0.2, 0.25) is 0 Å². The number of nitrogens with zero attached hydrogens (tertiary/aromatic N) is 2. The lowest BCUT2D eigenvalue weighted by atomic mass is 10.2. The Bertz CT molecular complexity index is 544. The predicted octanol–water partition coefficient (Wildman–Crippen LogP) is 2.45. The van der Waals surface area contributed by atoms with E-state index in [-0.39, 0.29) is 5.75 Å². The van der Waals surface area contributed by atoms with E-state index in [0.29, 0.717) is 17.0 Å². The van der Waals surface area contributed by atoms with Crippen LogP contribution in [0, 0.1) is 11.3 Å². The summed E-state index contributed by atoms with van der Waals surface area (Å²) in [6, 6.07) is 8.07. The highest BCUT2D eigenvalue weighted by Crippen LogP contribution is 2.12. The van der Waals surface area contributed by atoms with E-state index in [0.717, 1.165) is 19.4 Å². The van der Waals surface area contributed by atoms with Gasteiger partial charge in [-0.1, -0.05) is 19.8 Å². The van der Waals surface area contributed by atoms with Crippen LogP contribution < -0.4 is 0 Å². The van der Waals surface area contributed by atoms with Gasteiger partial charge in [0.25, 0.3) is 0 Å². The molecule has 4 nitrogen and oxygen atoms in total. The van der Waals surface area contributed by atoms with Crippen LogP contribution in [0.5, 0.6) is 0 Å². The molecule has 0 atom stereocenters. The predicted molar refractivity (Wildman–Crippen MR) is 80.2 cm³/mol. The molecule has 0 aliphatic rings. The van der Waals surface area contributed by atoms with E-state index in [9.17, 15) is 8.42 Å². The molecule has 110 valence electrons. The summed E-state index contributed by atoms with van der Waals surface area (Å²) in [5, 5.41) is 8.70. The van der Waals surface area contributed by atoms with Gasteiger partial charge in [-0.2, -0.15) is 5.26 Å². The van der Waals surface area contributed by atoms with Gasteiger partial charge < -0.3 is 4.90 Å². The van der Waals surface area contributed by atoms with Crippen molar-refractivity contribution < 1.29 is 8.42 Å². The summed E-state index contributed by atoms with van der Waals surface area (Å²) in [7, 11) is -1.31. The first-order valence-electron chi connectivity index (χ1n) is 6.91.